The molecule has 1 aromatic carbocycles. The minimum absolute atomic E-state index is 0.0372. The molecular weight excluding hydrogens is 268 g/mol. The molecule has 3 N–H and O–H groups in total. The third kappa shape index (κ3) is 4.52. The van der Waals surface area contributed by atoms with E-state index in [4.69, 9.17) is 15.2 Å². The standard InChI is InChI=1S/C16H24N2O3/c1-20-13(11-17)10-15(19)18-16(14-8-5-9-21-14)12-6-3-2-4-7-12/h2-4,6-7,13-14,16H,5,8-11,17H2,1H3,(H,18,19). The second kappa shape index (κ2) is 8.12. The van der Waals surface area contributed by atoms with Crippen LogP contribution in [-0.2, 0) is 14.3 Å². The van der Waals surface area contributed by atoms with Crippen molar-refractivity contribution in [3.63, 3.8) is 0 Å². The van der Waals surface area contributed by atoms with E-state index < -0.39 is 0 Å². The Bertz CT molecular complexity index is 428. The Morgan fingerprint density at radius 1 is 1.48 bits per heavy atom. The van der Waals surface area contributed by atoms with Gasteiger partial charge in [0.05, 0.1) is 24.7 Å². The number of ether oxygens (including phenoxy) is 2. The maximum Gasteiger partial charge on any atom is 0.223 e. The van der Waals surface area contributed by atoms with Gasteiger partial charge >= 0.3 is 0 Å². The molecule has 3 unspecified atom stereocenters. The number of nitrogens with one attached hydrogen (secondary N) is 1. The van der Waals surface area contributed by atoms with Crippen LogP contribution in [0.3, 0.4) is 0 Å². The molecule has 1 aromatic rings. The van der Waals surface area contributed by atoms with Crippen molar-refractivity contribution in [1.82, 2.24) is 5.32 Å². The molecule has 116 valence electrons. The fraction of sp³-hybridized carbons (Fsp3) is 0.562. The quantitative estimate of drug-likeness (QED) is 0.796. The largest absolute Gasteiger partial charge is 0.380 e. The average molecular weight is 292 g/mol. The van der Waals surface area contributed by atoms with Crippen LogP contribution in [0.2, 0.25) is 0 Å². The molecule has 3 atom stereocenters. The molecule has 0 aliphatic carbocycles. The Morgan fingerprint density at radius 3 is 2.81 bits per heavy atom. The molecule has 0 aromatic heterocycles. The summed E-state index contributed by atoms with van der Waals surface area (Å²) in [5.41, 5.74) is 6.63. The van der Waals surface area contributed by atoms with E-state index in [0.717, 1.165) is 25.0 Å². The molecule has 1 aliphatic rings. The SMILES string of the molecule is COC(CN)CC(=O)NC(c1ccccc1)C1CCCO1. The highest BCUT2D eigenvalue weighted by molar-refractivity contribution is 5.77. The Labute approximate surface area is 125 Å². The molecule has 5 nitrogen and oxygen atoms in total. The Balaban J connectivity index is 2.04. The number of hydrogen-bond donors (Lipinski definition) is 2. The molecule has 1 saturated heterocycles. The van der Waals surface area contributed by atoms with E-state index in [0.29, 0.717) is 6.54 Å². The van der Waals surface area contributed by atoms with Crippen LogP contribution in [0.4, 0.5) is 0 Å². The molecule has 0 saturated carbocycles. The monoisotopic (exact) mass is 292 g/mol. The number of carbonyl (C=O) groups is 1. The minimum Gasteiger partial charge on any atom is -0.380 e. The fourth-order valence-electron chi connectivity index (χ4n) is 2.62. The van der Waals surface area contributed by atoms with Gasteiger partial charge in [0.15, 0.2) is 0 Å². The number of nitrogens with two attached hydrogens (primary N) is 1. The van der Waals surface area contributed by atoms with Crippen molar-refractivity contribution in [2.75, 3.05) is 20.3 Å². The highest BCUT2D eigenvalue weighted by Gasteiger charge is 2.29. The van der Waals surface area contributed by atoms with Crippen LogP contribution in [0, 0.1) is 0 Å². The summed E-state index contributed by atoms with van der Waals surface area (Å²) in [6.45, 7) is 1.09. The van der Waals surface area contributed by atoms with Crippen molar-refractivity contribution in [1.29, 1.82) is 0 Å². The lowest BCUT2D eigenvalue weighted by Crippen LogP contribution is -2.39. The summed E-state index contributed by atoms with van der Waals surface area (Å²) in [6, 6.07) is 9.83. The van der Waals surface area contributed by atoms with Gasteiger partial charge in [-0.2, -0.15) is 0 Å². The van der Waals surface area contributed by atoms with E-state index in [1.165, 1.54) is 0 Å². The van der Waals surface area contributed by atoms with Crippen LogP contribution < -0.4 is 11.1 Å². The Kier molecular flexibility index (Phi) is 6.17. The summed E-state index contributed by atoms with van der Waals surface area (Å²) in [4.78, 5) is 12.2. The predicted octanol–water partition coefficient (Wildman–Crippen LogP) is 1.39. The van der Waals surface area contributed by atoms with E-state index >= 15 is 0 Å². The molecule has 0 spiro atoms. The fourth-order valence-corrected chi connectivity index (χ4v) is 2.62. The Morgan fingerprint density at radius 2 is 2.24 bits per heavy atom. The first-order valence-corrected chi connectivity index (χ1v) is 7.43. The zero-order chi connectivity index (χ0) is 15.1. The van der Waals surface area contributed by atoms with Gasteiger partial charge in [-0.15, -0.1) is 0 Å². The van der Waals surface area contributed by atoms with Crippen molar-refractivity contribution in [3.05, 3.63) is 35.9 Å². The molecular formula is C16H24N2O3. The molecule has 5 heteroatoms. The van der Waals surface area contributed by atoms with Gasteiger partial charge in [-0.1, -0.05) is 30.3 Å². The predicted molar refractivity (Wildman–Crippen MR) is 80.8 cm³/mol. The highest BCUT2D eigenvalue weighted by Crippen LogP contribution is 2.27. The van der Waals surface area contributed by atoms with Crippen LogP contribution in [0.5, 0.6) is 0 Å². The van der Waals surface area contributed by atoms with Crippen molar-refractivity contribution in [2.45, 2.75) is 37.5 Å². The van der Waals surface area contributed by atoms with E-state index in [9.17, 15) is 4.79 Å². The highest BCUT2D eigenvalue weighted by atomic mass is 16.5. The number of hydrogen-bond acceptors (Lipinski definition) is 4. The summed E-state index contributed by atoms with van der Waals surface area (Å²) < 4.78 is 10.9. The second-order valence-corrected chi connectivity index (χ2v) is 5.30. The topological polar surface area (TPSA) is 73.6 Å². The van der Waals surface area contributed by atoms with Crippen molar-refractivity contribution in [2.24, 2.45) is 5.73 Å². The van der Waals surface area contributed by atoms with E-state index in [1.807, 2.05) is 30.3 Å². The molecule has 1 amide bonds. The molecule has 1 aliphatic heterocycles. The molecule has 1 fully saturated rings. The zero-order valence-corrected chi connectivity index (χ0v) is 12.5. The first-order valence-electron chi connectivity index (χ1n) is 7.43. The Hall–Kier alpha value is -1.43. The van der Waals surface area contributed by atoms with Gasteiger partial charge < -0.3 is 20.5 Å². The molecule has 1 heterocycles. The number of rotatable bonds is 7. The number of amides is 1. The summed E-state index contributed by atoms with van der Waals surface area (Å²) in [5.74, 6) is -0.0587. The summed E-state index contributed by atoms with van der Waals surface area (Å²) in [7, 11) is 1.57. The van der Waals surface area contributed by atoms with Crippen LogP contribution in [0.25, 0.3) is 0 Å². The van der Waals surface area contributed by atoms with Crippen molar-refractivity contribution >= 4 is 5.91 Å². The average Bonchev–Trinajstić information content (AvgIpc) is 3.05. The van der Waals surface area contributed by atoms with E-state index in [2.05, 4.69) is 5.32 Å². The summed E-state index contributed by atoms with van der Waals surface area (Å²) >= 11 is 0. The van der Waals surface area contributed by atoms with Crippen LogP contribution in [0.15, 0.2) is 30.3 Å². The smallest absolute Gasteiger partial charge is 0.223 e. The van der Waals surface area contributed by atoms with Crippen LogP contribution >= 0.6 is 0 Å². The van der Waals surface area contributed by atoms with Crippen LogP contribution in [-0.4, -0.2) is 38.4 Å². The van der Waals surface area contributed by atoms with E-state index in [-0.39, 0.29) is 30.6 Å². The normalized spacial score (nSPS) is 21.0. The summed E-state index contributed by atoms with van der Waals surface area (Å²) in [5, 5.41) is 3.07. The van der Waals surface area contributed by atoms with Gasteiger partial charge in [0, 0.05) is 20.3 Å². The number of benzene rings is 1. The van der Waals surface area contributed by atoms with E-state index in [1.54, 1.807) is 7.11 Å². The number of carbonyl (C=O) groups excluding carboxylic acids is 1. The summed E-state index contributed by atoms with van der Waals surface area (Å²) in [6.07, 6.45) is 2.06. The minimum atomic E-state index is -0.245. The van der Waals surface area contributed by atoms with Crippen LogP contribution in [0.1, 0.15) is 30.9 Å². The lowest BCUT2D eigenvalue weighted by atomic mass is 9.99. The second-order valence-electron chi connectivity index (χ2n) is 5.30. The van der Waals surface area contributed by atoms with Gasteiger partial charge in [0.25, 0.3) is 0 Å². The maximum atomic E-state index is 12.2. The first kappa shape index (κ1) is 15.9. The molecule has 0 radical (unpaired) electrons. The number of methoxy groups -OCH3 is 1. The van der Waals surface area contributed by atoms with Gasteiger partial charge in [0.2, 0.25) is 5.91 Å². The van der Waals surface area contributed by atoms with Gasteiger partial charge in [-0.25, -0.2) is 0 Å². The third-order valence-electron chi connectivity index (χ3n) is 3.82. The van der Waals surface area contributed by atoms with Gasteiger partial charge in [0.1, 0.15) is 0 Å². The van der Waals surface area contributed by atoms with Gasteiger partial charge in [-0.3, -0.25) is 4.79 Å². The lowest BCUT2D eigenvalue weighted by Gasteiger charge is -2.25. The zero-order valence-electron chi connectivity index (χ0n) is 12.5. The van der Waals surface area contributed by atoms with Crippen molar-refractivity contribution in [3.8, 4) is 0 Å². The maximum absolute atomic E-state index is 12.2. The van der Waals surface area contributed by atoms with Gasteiger partial charge in [-0.05, 0) is 18.4 Å². The first-order chi connectivity index (χ1) is 10.2. The molecule has 0 bridgehead atoms. The molecule has 21 heavy (non-hydrogen) atoms. The molecule has 2 rings (SSSR count). The third-order valence-corrected chi connectivity index (χ3v) is 3.82. The van der Waals surface area contributed by atoms with Crippen molar-refractivity contribution < 1.29 is 14.3 Å². The lowest BCUT2D eigenvalue weighted by molar-refractivity contribution is -0.125.